The summed E-state index contributed by atoms with van der Waals surface area (Å²) in [5, 5.41) is 1.62. The predicted octanol–water partition coefficient (Wildman–Crippen LogP) is 5.11. The third-order valence-electron chi connectivity index (χ3n) is 4.09. The minimum atomic E-state index is -0.152. The Morgan fingerprint density at radius 1 is 0.828 bits per heavy atom. The van der Waals surface area contributed by atoms with E-state index in [4.69, 9.17) is 21.2 Å². The summed E-state index contributed by atoms with van der Waals surface area (Å²) in [7, 11) is 3.64. The van der Waals surface area contributed by atoms with Crippen molar-refractivity contribution in [3.8, 4) is 17.2 Å². The van der Waals surface area contributed by atoms with Gasteiger partial charge in [-0.2, -0.15) is 5.06 Å². The first-order valence-corrected chi connectivity index (χ1v) is 9.72. The molecule has 0 radical (unpaired) electrons. The standard InChI is InChI=1S/C23H23ClN2O3/c1-25(2)29-22-14-12-21(13-15-22)28-20-10-8-19(9-11-20)26(23(27)16-24)17-18-6-4-3-5-7-18/h3-15H,16-17H2,1-2H3. The van der Waals surface area contributed by atoms with Gasteiger partial charge >= 0.3 is 0 Å². The fraction of sp³-hybridized carbons (Fsp3) is 0.174. The van der Waals surface area contributed by atoms with Crippen molar-refractivity contribution in [2.24, 2.45) is 0 Å². The number of nitrogens with zero attached hydrogens (tertiary/aromatic N) is 2. The van der Waals surface area contributed by atoms with Gasteiger partial charge in [-0.15, -0.1) is 11.6 Å². The zero-order valence-electron chi connectivity index (χ0n) is 16.4. The molecule has 6 heteroatoms. The number of ether oxygens (including phenoxy) is 1. The van der Waals surface area contributed by atoms with E-state index in [2.05, 4.69) is 0 Å². The highest BCUT2D eigenvalue weighted by Crippen LogP contribution is 2.27. The molecule has 0 aromatic heterocycles. The summed E-state index contributed by atoms with van der Waals surface area (Å²) in [6, 6.07) is 24.5. The molecule has 0 fully saturated rings. The molecule has 0 aliphatic heterocycles. The molecular weight excluding hydrogens is 388 g/mol. The molecule has 0 aliphatic rings. The van der Waals surface area contributed by atoms with Gasteiger partial charge in [0, 0.05) is 19.8 Å². The lowest BCUT2D eigenvalue weighted by Gasteiger charge is -2.22. The molecule has 0 aliphatic carbocycles. The summed E-state index contributed by atoms with van der Waals surface area (Å²) in [6.45, 7) is 0.458. The highest BCUT2D eigenvalue weighted by atomic mass is 35.5. The normalized spacial score (nSPS) is 10.6. The number of hydrogen-bond donors (Lipinski definition) is 0. The molecule has 0 saturated heterocycles. The maximum atomic E-state index is 12.3. The third-order valence-corrected chi connectivity index (χ3v) is 4.32. The van der Waals surface area contributed by atoms with Crippen molar-refractivity contribution in [2.75, 3.05) is 24.9 Å². The van der Waals surface area contributed by atoms with Crippen LogP contribution < -0.4 is 14.5 Å². The number of hydroxylamine groups is 2. The van der Waals surface area contributed by atoms with Crippen molar-refractivity contribution < 1.29 is 14.4 Å². The van der Waals surface area contributed by atoms with E-state index in [1.54, 1.807) is 9.96 Å². The fourth-order valence-corrected chi connectivity index (χ4v) is 2.92. The van der Waals surface area contributed by atoms with Crippen LogP contribution in [-0.4, -0.2) is 30.9 Å². The monoisotopic (exact) mass is 410 g/mol. The summed E-state index contributed by atoms with van der Waals surface area (Å²) in [6.07, 6.45) is 0. The lowest BCUT2D eigenvalue weighted by Crippen LogP contribution is -2.31. The molecule has 1 amide bonds. The number of amides is 1. The molecule has 29 heavy (non-hydrogen) atoms. The van der Waals surface area contributed by atoms with Crippen molar-refractivity contribution in [3.05, 3.63) is 84.4 Å². The Bertz CT molecular complexity index is 913. The Morgan fingerprint density at radius 3 is 1.93 bits per heavy atom. The minimum Gasteiger partial charge on any atom is -0.457 e. The maximum absolute atomic E-state index is 12.3. The number of carbonyl (C=O) groups is 1. The van der Waals surface area contributed by atoms with Crippen molar-refractivity contribution in [3.63, 3.8) is 0 Å². The van der Waals surface area contributed by atoms with Gasteiger partial charge in [0.15, 0.2) is 0 Å². The second-order valence-electron chi connectivity index (χ2n) is 6.57. The zero-order valence-corrected chi connectivity index (χ0v) is 17.2. The first-order valence-electron chi connectivity index (χ1n) is 9.18. The largest absolute Gasteiger partial charge is 0.457 e. The van der Waals surface area contributed by atoms with Gasteiger partial charge in [-0.3, -0.25) is 4.79 Å². The summed E-state index contributed by atoms with van der Waals surface area (Å²) in [5.74, 6) is 1.87. The van der Waals surface area contributed by atoms with Crippen LogP contribution in [0, 0.1) is 0 Å². The molecule has 0 atom stereocenters. The zero-order chi connectivity index (χ0) is 20.6. The van der Waals surface area contributed by atoms with Gasteiger partial charge in [-0.1, -0.05) is 30.3 Å². The number of anilines is 1. The minimum absolute atomic E-state index is 0.0769. The Kier molecular flexibility index (Phi) is 7.11. The van der Waals surface area contributed by atoms with Gasteiger partial charge < -0.3 is 14.5 Å². The van der Waals surface area contributed by atoms with Gasteiger partial charge in [0.2, 0.25) is 5.91 Å². The van der Waals surface area contributed by atoms with Crippen molar-refractivity contribution in [1.82, 2.24) is 5.06 Å². The molecule has 0 N–H and O–H groups in total. The molecule has 0 spiro atoms. The smallest absolute Gasteiger partial charge is 0.242 e. The van der Waals surface area contributed by atoms with E-state index in [1.807, 2.05) is 93.0 Å². The number of halogens is 1. The fourth-order valence-electron chi connectivity index (χ4n) is 2.77. The van der Waals surface area contributed by atoms with Crippen LogP contribution in [0.4, 0.5) is 5.69 Å². The second-order valence-corrected chi connectivity index (χ2v) is 6.84. The molecule has 3 aromatic rings. The quantitative estimate of drug-likeness (QED) is 0.382. The van der Waals surface area contributed by atoms with E-state index in [-0.39, 0.29) is 11.8 Å². The van der Waals surface area contributed by atoms with Crippen molar-refractivity contribution in [2.45, 2.75) is 6.54 Å². The van der Waals surface area contributed by atoms with E-state index in [0.29, 0.717) is 18.0 Å². The van der Waals surface area contributed by atoms with Gasteiger partial charge in [-0.25, -0.2) is 0 Å². The lowest BCUT2D eigenvalue weighted by atomic mass is 10.2. The van der Waals surface area contributed by atoms with Crippen molar-refractivity contribution in [1.29, 1.82) is 0 Å². The molecule has 0 bridgehead atoms. The number of carbonyl (C=O) groups excluding carboxylic acids is 1. The molecule has 3 rings (SSSR count). The van der Waals surface area contributed by atoms with E-state index in [9.17, 15) is 4.79 Å². The SMILES string of the molecule is CN(C)Oc1ccc(Oc2ccc(N(Cc3ccccc3)C(=O)CCl)cc2)cc1. The number of hydrogen-bond acceptors (Lipinski definition) is 4. The Labute approximate surface area is 176 Å². The van der Waals surface area contributed by atoms with E-state index in [1.165, 1.54) is 0 Å². The highest BCUT2D eigenvalue weighted by molar-refractivity contribution is 6.29. The van der Waals surface area contributed by atoms with Gasteiger partial charge in [-0.05, 0) is 54.1 Å². The first kappa shape index (κ1) is 20.7. The Balaban J connectivity index is 1.70. The molecule has 0 heterocycles. The maximum Gasteiger partial charge on any atom is 0.242 e. The number of benzene rings is 3. The summed E-state index contributed by atoms with van der Waals surface area (Å²) >= 11 is 5.82. The lowest BCUT2D eigenvalue weighted by molar-refractivity contribution is -0.116. The van der Waals surface area contributed by atoms with Crippen LogP contribution in [0.3, 0.4) is 0 Å². The van der Waals surface area contributed by atoms with Crippen molar-refractivity contribution >= 4 is 23.2 Å². The topological polar surface area (TPSA) is 42.0 Å². The van der Waals surface area contributed by atoms with Gasteiger partial charge in [0.05, 0.1) is 6.54 Å². The second kappa shape index (κ2) is 9.96. The number of alkyl halides is 1. The van der Waals surface area contributed by atoms with E-state index < -0.39 is 0 Å². The molecule has 5 nitrogen and oxygen atoms in total. The highest BCUT2D eigenvalue weighted by Gasteiger charge is 2.15. The van der Waals surface area contributed by atoms with Crippen LogP contribution in [0.5, 0.6) is 17.2 Å². The average molecular weight is 411 g/mol. The van der Waals surface area contributed by atoms with E-state index in [0.717, 1.165) is 17.0 Å². The van der Waals surface area contributed by atoms with Crippen LogP contribution in [0.15, 0.2) is 78.9 Å². The molecule has 3 aromatic carbocycles. The summed E-state index contributed by atoms with van der Waals surface area (Å²) in [5.41, 5.74) is 1.80. The molecular formula is C23H23ClN2O3. The first-order chi connectivity index (χ1) is 14.0. The summed E-state index contributed by atoms with van der Waals surface area (Å²) in [4.78, 5) is 19.5. The van der Waals surface area contributed by atoms with Crippen LogP contribution in [-0.2, 0) is 11.3 Å². The summed E-state index contributed by atoms with van der Waals surface area (Å²) < 4.78 is 5.88. The van der Waals surface area contributed by atoms with Gasteiger partial charge in [0.1, 0.15) is 23.1 Å². The van der Waals surface area contributed by atoms with Crippen LogP contribution in [0.1, 0.15) is 5.56 Å². The van der Waals surface area contributed by atoms with E-state index >= 15 is 0 Å². The average Bonchev–Trinajstić information content (AvgIpc) is 2.74. The number of rotatable bonds is 8. The van der Waals surface area contributed by atoms with Gasteiger partial charge in [0.25, 0.3) is 0 Å². The van der Waals surface area contributed by atoms with Crippen LogP contribution in [0.25, 0.3) is 0 Å². The Hall–Kier alpha value is -3.02. The Morgan fingerprint density at radius 2 is 1.38 bits per heavy atom. The molecule has 0 saturated carbocycles. The van der Waals surface area contributed by atoms with Crippen LogP contribution in [0.2, 0.25) is 0 Å². The third kappa shape index (κ3) is 5.98. The molecule has 0 unspecified atom stereocenters. The molecule has 150 valence electrons. The predicted molar refractivity (Wildman–Crippen MR) is 116 cm³/mol. The van der Waals surface area contributed by atoms with Crippen LogP contribution >= 0.6 is 11.6 Å².